The fourth-order valence-corrected chi connectivity index (χ4v) is 3.64. The van der Waals surface area contributed by atoms with Gasteiger partial charge in [0.25, 0.3) is 5.56 Å². The highest BCUT2D eigenvalue weighted by Crippen LogP contribution is 2.25. The van der Waals surface area contributed by atoms with Crippen LogP contribution in [0.15, 0.2) is 53.9 Å². The Morgan fingerprint density at radius 2 is 2.00 bits per heavy atom. The lowest BCUT2D eigenvalue weighted by Crippen LogP contribution is -2.92. The van der Waals surface area contributed by atoms with E-state index >= 15 is 0 Å². The van der Waals surface area contributed by atoms with Gasteiger partial charge in [0.05, 0.1) is 30.4 Å². The van der Waals surface area contributed by atoms with Gasteiger partial charge in [-0.05, 0) is 32.9 Å². The fraction of sp³-hybridized carbons (Fsp3) is 0.304. The van der Waals surface area contributed by atoms with Crippen molar-refractivity contribution >= 4 is 28.9 Å². The highest BCUT2D eigenvalue weighted by Gasteiger charge is 2.35. The molecule has 1 aromatic carbocycles. The molecule has 1 amide bonds. The molecule has 0 bridgehead atoms. The summed E-state index contributed by atoms with van der Waals surface area (Å²) in [6.45, 7) is 6.65. The molecule has 4 N–H and O–H groups in total. The highest BCUT2D eigenvalue weighted by atomic mass is 16.6. The van der Waals surface area contributed by atoms with Crippen molar-refractivity contribution in [3.8, 4) is 5.69 Å². The Kier molecular flexibility index (Phi) is 5.67. The number of nitrogens with two attached hydrogens (primary N) is 1. The van der Waals surface area contributed by atoms with E-state index in [0.717, 1.165) is 5.69 Å². The molecule has 1 aliphatic heterocycles. The SMILES string of the molecule is CC(C)(C)OC(=O)N1CC([NH2+]/C=C(\C=N)c2cn(-c3ccccc3)c3nc[nH]c(=O)c23)C1. The fourth-order valence-electron chi connectivity index (χ4n) is 3.64. The van der Waals surface area contributed by atoms with Crippen LogP contribution in [-0.4, -0.2) is 56.5 Å². The second-order valence-electron chi connectivity index (χ2n) is 8.78. The molecule has 0 saturated carbocycles. The molecule has 1 fully saturated rings. The van der Waals surface area contributed by atoms with E-state index in [9.17, 15) is 9.59 Å². The van der Waals surface area contributed by atoms with Crippen molar-refractivity contribution in [2.24, 2.45) is 0 Å². The van der Waals surface area contributed by atoms with E-state index in [1.807, 2.05) is 73.4 Å². The summed E-state index contributed by atoms with van der Waals surface area (Å²) < 4.78 is 7.24. The van der Waals surface area contributed by atoms with Gasteiger partial charge in [0.2, 0.25) is 0 Å². The normalized spacial score (nSPS) is 15.0. The molecule has 1 saturated heterocycles. The van der Waals surface area contributed by atoms with Crippen molar-refractivity contribution in [2.75, 3.05) is 13.1 Å². The van der Waals surface area contributed by atoms with Crippen LogP contribution in [0.25, 0.3) is 22.3 Å². The Balaban J connectivity index is 1.57. The number of ether oxygens (including phenoxy) is 1. The number of para-hydroxylation sites is 1. The number of hydrogen-bond donors (Lipinski definition) is 3. The number of benzene rings is 1. The number of hydrogen-bond acceptors (Lipinski definition) is 5. The van der Waals surface area contributed by atoms with Crippen LogP contribution >= 0.6 is 0 Å². The molecular weight excluding hydrogens is 408 g/mol. The minimum atomic E-state index is -0.521. The monoisotopic (exact) mass is 435 g/mol. The van der Waals surface area contributed by atoms with Crippen LogP contribution in [0.5, 0.6) is 0 Å². The number of rotatable bonds is 5. The number of carbonyl (C=O) groups is 1. The molecule has 4 rings (SSSR count). The van der Waals surface area contributed by atoms with Gasteiger partial charge in [-0.2, -0.15) is 0 Å². The number of nitrogens with zero attached hydrogens (tertiary/aromatic N) is 3. The molecule has 0 radical (unpaired) electrons. The molecule has 1 aliphatic rings. The molecule has 2 aromatic heterocycles. The number of allylic oxidation sites excluding steroid dienone is 1. The summed E-state index contributed by atoms with van der Waals surface area (Å²) in [5.41, 5.74) is 1.86. The zero-order valence-corrected chi connectivity index (χ0v) is 18.3. The summed E-state index contributed by atoms with van der Waals surface area (Å²) in [5.74, 6) is 0. The van der Waals surface area contributed by atoms with Crippen LogP contribution in [0.2, 0.25) is 0 Å². The number of fused-ring (bicyclic) bond motifs is 1. The molecule has 0 unspecified atom stereocenters. The summed E-state index contributed by atoms with van der Waals surface area (Å²) in [7, 11) is 0. The molecule has 32 heavy (non-hydrogen) atoms. The van der Waals surface area contributed by atoms with Crippen LogP contribution < -0.4 is 10.9 Å². The predicted octanol–water partition coefficient (Wildman–Crippen LogP) is 1.89. The summed E-state index contributed by atoms with van der Waals surface area (Å²) >= 11 is 0. The molecule has 0 spiro atoms. The first kappa shape index (κ1) is 21.5. The standard InChI is InChI=1S/C23H26N6O3/c1-23(2,3)32-22(31)28-11-16(12-28)25-10-15(9-24)18-13-29(17-7-5-4-6-8-17)20-19(18)21(30)27-14-26-20/h4-10,13-14,16,24-25H,11-12H2,1-3H3,(H,26,27,30)/p+1/b15-10+,24-9?. The van der Waals surface area contributed by atoms with Gasteiger partial charge in [-0.1, -0.05) is 18.2 Å². The smallest absolute Gasteiger partial charge is 0.410 e. The third kappa shape index (κ3) is 4.33. The zero-order chi connectivity index (χ0) is 22.9. The van der Waals surface area contributed by atoms with Crippen LogP contribution in [0.4, 0.5) is 4.79 Å². The van der Waals surface area contributed by atoms with Crippen molar-refractivity contribution in [2.45, 2.75) is 32.4 Å². The van der Waals surface area contributed by atoms with Crippen LogP contribution in [0.3, 0.4) is 0 Å². The third-order valence-electron chi connectivity index (χ3n) is 5.20. The van der Waals surface area contributed by atoms with E-state index in [-0.39, 0.29) is 17.7 Å². The molecule has 3 aromatic rings. The summed E-state index contributed by atoms with van der Waals surface area (Å²) in [5, 5.41) is 10.3. The molecular formula is C23H27N6O3+. The molecule has 9 heteroatoms. The van der Waals surface area contributed by atoms with Crippen molar-refractivity contribution in [3.63, 3.8) is 0 Å². The van der Waals surface area contributed by atoms with Crippen molar-refractivity contribution in [1.29, 1.82) is 5.41 Å². The van der Waals surface area contributed by atoms with Gasteiger partial charge in [-0.15, -0.1) is 0 Å². The van der Waals surface area contributed by atoms with E-state index in [1.165, 1.54) is 12.5 Å². The number of H-pyrrole nitrogens is 1. The van der Waals surface area contributed by atoms with Gasteiger partial charge in [0.1, 0.15) is 17.8 Å². The highest BCUT2D eigenvalue weighted by molar-refractivity contribution is 6.13. The molecule has 3 heterocycles. The molecule has 166 valence electrons. The number of carbonyl (C=O) groups excluding carboxylic acids is 1. The second kappa shape index (κ2) is 8.43. The van der Waals surface area contributed by atoms with E-state index in [0.29, 0.717) is 35.3 Å². The first-order valence-electron chi connectivity index (χ1n) is 10.4. The first-order chi connectivity index (χ1) is 15.3. The lowest BCUT2D eigenvalue weighted by molar-refractivity contribution is -0.636. The lowest BCUT2D eigenvalue weighted by atomic mass is 10.1. The van der Waals surface area contributed by atoms with Crippen LogP contribution in [0, 0.1) is 5.41 Å². The van der Waals surface area contributed by atoms with Crippen molar-refractivity contribution in [3.05, 3.63) is 65.0 Å². The Morgan fingerprint density at radius 1 is 1.28 bits per heavy atom. The maximum absolute atomic E-state index is 12.6. The Bertz CT molecular complexity index is 1230. The maximum Gasteiger partial charge on any atom is 0.410 e. The van der Waals surface area contributed by atoms with Crippen LogP contribution in [-0.2, 0) is 4.74 Å². The quantitative estimate of drug-likeness (QED) is 0.530. The number of aromatic nitrogens is 3. The van der Waals surface area contributed by atoms with Gasteiger partial charge >= 0.3 is 6.09 Å². The third-order valence-corrected chi connectivity index (χ3v) is 5.20. The van der Waals surface area contributed by atoms with Crippen LogP contribution in [0.1, 0.15) is 26.3 Å². The number of likely N-dealkylation sites (tertiary alicyclic amines) is 1. The lowest BCUT2D eigenvalue weighted by Gasteiger charge is -2.37. The van der Waals surface area contributed by atoms with Gasteiger partial charge in [-0.25, -0.2) is 9.78 Å². The summed E-state index contributed by atoms with van der Waals surface area (Å²) in [6.07, 6.45) is 5.97. The van der Waals surface area contributed by atoms with E-state index < -0.39 is 5.60 Å². The van der Waals surface area contributed by atoms with Gasteiger partial charge < -0.3 is 25.0 Å². The predicted molar refractivity (Wildman–Crippen MR) is 122 cm³/mol. The van der Waals surface area contributed by atoms with E-state index in [4.69, 9.17) is 10.1 Å². The largest absolute Gasteiger partial charge is 0.444 e. The van der Waals surface area contributed by atoms with E-state index in [2.05, 4.69) is 9.97 Å². The van der Waals surface area contributed by atoms with Gasteiger partial charge in [0, 0.05) is 23.7 Å². The number of amides is 1. The number of quaternary nitrogens is 1. The zero-order valence-electron chi connectivity index (χ0n) is 18.3. The van der Waals surface area contributed by atoms with Gasteiger partial charge in [0.15, 0.2) is 5.65 Å². The Hall–Kier alpha value is -3.72. The van der Waals surface area contributed by atoms with E-state index in [1.54, 1.807) is 4.90 Å². The Labute approximate surface area is 185 Å². The number of nitrogens with one attached hydrogen (secondary N) is 2. The molecule has 9 nitrogen and oxygen atoms in total. The van der Waals surface area contributed by atoms with Gasteiger partial charge in [-0.3, -0.25) is 9.69 Å². The van der Waals surface area contributed by atoms with Crippen molar-refractivity contribution < 1.29 is 14.8 Å². The van der Waals surface area contributed by atoms with Crippen molar-refractivity contribution in [1.82, 2.24) is 19.4 Å². The summed E-state index contributed by atoms with van der Waals surface area (Å²) in [6, 6.07) is 9.80. The molecule has 0 atom stereocenters. The maximum atomic E-state index is 12.6. The second-order valence-corrected chi connectivity index (χ2v) is 8.78. The molecule has 0 aliphatic carbocycles. The number of aromatic amines is 1. The topological polar surface area (TPSA) is 121 Å². The minimum Gasteiger partial charge on any atom is -0.444 e. The first-order valence-corrected chi connectivity index (χ1v) is 10.4. The minimum absolute atomic E-state index is 0.163. The average Bonchev–Trinajstić information content (AvgIpc) is 3.10. The Morgan fingerprint density at radius 3 is 2.66 bits per heavy atom. The average molecular weight is 436 g/mol. The summed E-state index contributed by atoms with van der Waals surface area (Å²) in [4.78, 5) is 33.4.